The highest BCUT2D eigenvalue weighted by Crippen LogP contribution is 2.31. The second kappa shape index (κ2) is 6.72. The van der Waals surface area contributed by atoms with Crippen molar-refractivity contribution in [2.45, 2.75) is 31.3 Å². The zero-order valence-electron chi connectivity index (χ0n) is 12.0. The number of halogens is 1. The van der Waals surface area contributed by atoms with Gasteiger partial charge in [0.15, 0.2) is 5.03 Å². The Labute approximate surface area is 133 Å². The fourth-order valence-electron chi connectivity index (χ4n) is 2.22. The molecule has 7 heteroatoms. The molecule has 0 spiro atoms. The maximum atomic E-state index is 12.7. The van der Waals surface area contributed by atoms with Crippen LogP contribution in [0.1, 0.15) is 31.9 Å². The van der Waals surface area contributed by atoms with Crippen LogP contribution in [-0.4, -0.2) is 29.5 Å². The zero-order chi connectivity index (χ0) is 15.5. The van der Waals surface area contributed by atoms with Gasteiger partial charge in [0.05, 0.1) is 6.20 Å². The highest BCUT2D eigenvalue weighted by molar-refractivity contribution is 9.10. The van der Waals surface area contributed by atoms with Gasteiger partial charge in [-0.25, -0.2) is 8.42 Å². The van der Waals surface area contributed by atoms with Crippen LogP contribution in [0.5, 0.6) is 0 Å². The van der Waals surface area contributed by atoms with Crippen LogP contribution in [0.3, 0.4) is 0 Å². The van der Waals surface area contributed by atoms with Crippen LogP contribution in [0.25, 0.3) is 0 Å². The second-order valence-corrected chi connectivity index (χ2v) is 7.45. The lowest BCUT2D eigenvalue weighted by molar-refractivity contribution is 0.340. The Balaban J connectivity index is 2.42. The van der Waals surface area contributed by atoms with E-state index in [0.29, 0.717) is 6.54 Å². The Kier molecular flexibility index (Phi) is 5.18. The summed E-state index contributed by atoms with van der Waals surface area (Å²) in [6.45, 7) is 4.30. The van der Waals surface area contributed by atoms with Crippen molar-refractivity contribution < 1.29 is 8.42 Å². The summed E-state index contributed by atoms with van der Waals surface area (Å²) in [4.78, 5) is 0. The first-order valence-corrected chi connectivity index (χ1v) is 8.97. The van der Waals surface area contributed by atoms with Gasteiger partial charge in [0, 0.05) is 17.1 Å². The molecule has 21 heavy (non-hydrogen) atoms. The average molecular weight is 372 g/mol. The Morgan fingerprint density at radius 3 is 2.62 bits per heavy atom. The van der Waals surface area contributed by atoms with Crippen molar-refractivity contribution in [3.63, 3.8) is 0 Å². The Morgan fingerprint density at radius 1 is 1.33 bits per heavy atom. The number of nitrogens with one attached hydrogen (secondary N) is 1. The lowest BCUT2D eigenvalue weighted by atomic mass is 10.1. The molecule has 0 saturated heterocycles. The minimum atomic E-state index is -3.59. The molecule has 5 nitrogen and oxygen atoms in total. The normalized spacial score (nSPS) is 13.5. The molecule has 1 heterocycles. The van der Waals surface area contributed by atoms with Crippen molar-refractivity contribution in [3.05, 3.63) is 46.6 Å². The smallest absolute Gasteiger partial charge is 0.260 e. The van der Waals surface area contributed by atoms with E-state index in [4.69, 9.17) is 0 Å². The van der Waals surface area contributed by atoms with Crippen LogP contribution in [0.4, 0.5) is 0 Å². The van der Waals surface area contributed by atoms with Gasteiger partial charge in [0.2, 0.25) is 0 Å². The van der Waals surface area contributed by atoms with Crippen molar-refractivity contribution in [3.8, 4) is 0 Å². The molecule has 0 aliphatic rings. The van der Waals surface area contributed by atoms with Crippen molar-refractivity contribution in [1.29, 1.82) is 0 Å². The standard InChI is InChI=1S/C14H18BrN3O2S/c1-3-10-18(21(19,20)14-8-9-16-17-14)11(2)12-6-4-5-7-13(12)15/h4-9,11H,3,10H2,1-2H3,(H,16,17). The summed E-state index contributed by atoms with van der Waals surface area (Å²) in [6.07, 6.45) is 2.18. The van der Waals surface area contributed by atoms with Gasteiger partial charge in [-0.1, -0.05) is 41.1 Å². The molecule has 0 radical (unpaired) electrons. The minimum Gasteiger partial charge on any atom is -0.266 e. The molecule has 0 aliphatic carbocycles. The molecule has 1 aromatic heterocycles. The molecule has 1 unspecified atom stereocenters. The molecule has 0 aliphatic heterocycles. The van der Waals surface area contributed by atoms with Gasteiger partial charge in [-0.3, -0.25) is 5.10 Å². The highest BCUT2D eigenvalue weighted by Gasteiger charge is 2.30. The number of nitrogens with zero attached hydrogens (tertiary/aromatic N) is 2. The second-order valence-electron chi connectivity index (χ2n) is 4.73. The number of aromatic amines is 1. The van der Waals surface area contributed by atoms with E-state index >= 15 is 0 Å². The van der Waals surface area contributed by atoms with E-state index in [2.05, 4.69) is 26.1 Å². The quantitative estimate of drug-likeness (QED) is 0.846. The van der Waals surface area contributed by atoms with Gasteiger partial charge in [-0.2, -0.15) is 9.40 Å². The lowest BCUT2D eigenvalue weighted by Crippen LogP contribution is -2.34. The fraction of sp³-hybridized carbons (Fsp3) is 0.357. The van der Waals surface area contributed by atoms with Gasteiger partial charge in [-0.05, 0) is 31.0 Å². The summed E-state index contributed by atoms with van der Waals surface area (Å²) >= 11 is 3.49. The van der Waals surface area contributed by atoms with Crippen LogP contribution in [0, 0.1) is 0 Å². The average Bonchev–Trinajstić information content (AvgIpc) is 2.99. The van der Waals surface area contributed by atoms with Gasteiger partial charge < -0.3 is 0 Å². The maximum Gasteiger partial charge on any atom is 0.260 e. The number of H-pyrrole nitrogens is 1. The van der Waals surface area contributed by atoms with Crippen LogP contribution < -0.4 is 0 Å². The summed E-state index contributed by atoms with van der Waals surface area (Å²) in [5.41, 5.74) is 0.939. The molecule has 1 atom stereocenters. The Morgan fingerprint density at radius 2 is 2.05 bits per heavy atom. The van der Waals surface area contributed by atoms with E-state index in [9.17, 15) is 8.42 Å². The molecular weight excluding hydrogens is 354 g/mol. The van der Waals surface area contributed by atoms with Gasteiger partial charge in [-0.15, -0.1) is 0 Å². The van der Waals surface area contributed by atoms with Gasteiger partial charge in [0.1, 0.15) is 0 Å². The SMILES string of the molecule is CCCN(C(C)c1ccccc1Br)S(=O)(=O)c1ccn[nH]1. The predicted molar refractivity (Wildman–Crippen MR) is 85.3 cm³/mol. The minimum absolute atomic E-state index is 0.120. The summed E-state index contributed by atoms with van der Waals surface area (Å²) in [6, 6.07) is 8.87. The highest BCUT2D eigenvalue weighted by atomic mass is 79.9. The monoisotopic (exact) mass is 371 g/mol. The van der Waals surface area contributed by atoms with E-state index in [1.54, 1.807) is 0 Å². The third kappa shape index (κ3) is 3.36. The Hall–Kier alpha value is -1.18. The van der Waals surface area contributed by atoms with Crippen LogP contribution in [0.15, 0.2) is 46.0 Å². The Bertz CT molecular complexity index is 686. The number of sulfonamides is 1. The van der Waals surface area contributed by atoms with E-state index < -0.39 is 10.0 Å². The first-order valence-electron chi connectivity index (χ1n) is 6.74. The topological polar surface area (TPSA) is 66.1 Å². The van der Waals surface area contributed by atoms with Crippen molar-refractivity contribution >= 4 is 26.0 Å². The first-order chi connectivity index (χ1) is 9.98. The molecule has 1 aromatic carbocycles. The molecular formula is C14H18BrN3O2S. The number of hydrogen-bond acceptors (Lipinski definition) is 3. The molecule has 114 valence electrons. The third-order valence-electron chi connectivity index (χ3n) is 3.29. The molecule has 0 saturated carbocycles. The number of hydrogen-bond donors (Lipinski definition) is 1. The van der Waals surface area contributed by atoms with Crippen LogP contribution in [0.2, 0.25) is 0 Å². The van der Waals surface area contributed by atoms with E-state index in [1.807, 2.05) is 38.1 Å². The summed E-state index contributed by atoms with van der Waals surface area (Å²) in [7, 11) is -3.59. The first kappa shape index (κ1) is 16.2. The molecule has 0 fully saturated rings. The lowest BCUT2D eigenvalue weighted by Gasteiger charge is -2.28. The van der Waals surface area contributed by atoms with Gasteiger partial charge >= 0.3 is 0 Å². The zero-order valence-corrected chi connectivity index (χ0v) is 14.4. The summed E-state index contributed by atoms with van der Waals surface area (Å²) in [5, 5.41) is 6.41. The van der Waals surface area contributed by atoms with Crippen molar-refractivity contribution in [2.75, 3.05) is 6.54 Å². The van der Waals surface area contributed by atoms with E-state index in [1.165, 1.54) is 16.6 Å². The number of rotatable bonds is 6. The van der Waals surface area contributed by atoms with Crippen molar-refractivity contribution in [1.82, 2.24) is 14.5 Å². The van der Waals surface area contributed by atoms with Crippen LogP contribution in [-0.2, 0) is 10.0 Å². The summed E-state index contributed by atoms with van der Waals surface area (Å²) in [5.74, 6) is 0. The largest absolute Gasteiger partial charge is 0.266 e. The number of aromatic nitrogens is 2. The molecule has 2 rings (SSSR count). The summed E-state index contributed by atoms with van der Waals surface area (Å²) < 4.78 is 27.9. The maximum absolute atomic E-state index is 12.7. The van der Waals surface area contributed by atoms with Crippen molar-refractivity contribution in [2.24, 2.45) is 0 Å². The molecule has 2 aromatic rings. The van der Waals surface area contributed by atoms with Gasteiger partial charge in [0.25, 0.3) is 10.0 Å². The van der Waals surface area contributed by atoms with Crippen LogP contribution >= 0.6 is 15.9 Å². The number of benzene rings is 1. The fourth-order valence-corrected chi connectivity index (χ4v) is 4.45. The molecule has 1 N–H and O–H groups in total. The third-order valence-corrected chi connectivity index (χ3v) is 5.91. The predicted octanol–water partition coefficient (Wildman–Crippen LogP) is 3.33. The molecule has 0 bridgehead atoms. The van der Waals surface area contributed by atoms with E-state index in [-0.39, 0.29) is 11.1 Å². The van der Waals surface area contributed by atoms with E-state index in [0.717, 1.165) is 16.5 Å². The molecule has 0 amide bonds.